The Hall–Kier alpha value is -8.61. The van der Waals surface area contributed by atoms with E-state index < -0.39 is 0 Å². The molecule has 0 unspecified atom stereocenters. The summed E-state index contributed by atoms with van der Waals surface area (Å²) in [5.74, 6) is 1.83. The van der Waals surface area contributed by atoms with Crippen LogP contribution in [0.15, 0.2) is 218 Å². The van der Waals surface area contributed by atoms with Crippen LogP contribution in [0.25, 0.3) is 117 Å². The lowest BCUT2D eigenvalue weighted by molar-refractivity contribution is 1.07. The van der Waals surface area contributed by atoms with Crippen molar-refractivity contribution in [1.82, 2.24) is 28.7 Å². The first kappa shape index (κ1) is 35.2. The van der Waals surface area contributed by atoms with Gasteiger partial charge in [0.2, 0.25) is 0 Å². The number of benzene rings is 9. The second kappa shape index (κ2) is 14.0. The number of hydrogen-bond donors (Lipinski definition) is 0. The van der Waals surface area contributed by atoms with Crippen molar-refractivity contribution in [3.63, 3.8) is 0 Å². The van der Waals surface area contributed by atoms with Gasteiger partial charge in [0.15, 0.2) is 17.5 Å². The molecular formula is C57H36N6. The summed E-state index contributed by atoms with van der Waals surface area (Å²) in [6.45, 7) is 0. The molecule has 0 amide bonds. The minimum Gasteiger partial charge on any atom is -0.309 e. The first-order chi connectivity index (χ1) is 31.3. The molecule has 0 spiro atoms. The summed E-state index contributed by atoms with van der Waals surface area (Å²) in [5, 5.41) is 6.97. The van der Waals surface area contributed by atoms with Crippen LogP contribution in [0.3, 0.4) is 0 Å². The molecule has 0 atom stereocenters. The van der Waals surface area contributed by atoms with Crippen LogP contribution in [0, 0.1) is 0 Å². The molecular weight excluding hydrogens is 769 g/mol. The van der Waals surface area contributed by atoms with Crippen LogP contribution in [-0.2, 0) is 0 Å². The molecule has 13 rings (SSSR count). The van der Waals surface area contributed by atoms with E-state index in [2.05, 4.69) is 196 Å². The minimum absolute atomic E-state index is 0.602. The summed E-state index contributed by atoms with van der Waals surface area (Å²) < 4.78 is 7.24. The van der Waals surface area contributed by atoms with Crippen LogP contribution < -0.4 is 0 Å². The SMILES string of the molecule is c1ccc(-c2nc(-c3ccccc3)nc(-c3c(-n4c5ccccc5c5c4ccc4c6ccccc6n(-c6ccccc6)c45)ccc4c3c3ccccc3n4-c3ccccc3)n2)cc1. The molecule has 0 fully saturated rings. The summed E-state index contributed by atoms with van der Waals surface area (Å²) in [6, 6.07) is 77.2. The summed E-state index contributed by atoms with van der Waals surface area (Å²) in [6.07, 6.45) is 0. The van der Waals surface area contributed by atoms with Gasteiger partial charge in [-0.25, -0.2) is 15.0 Å². The van der Waals surface area contributed by atoms with Gasteiger partial charge >= 0.3 is 0 Å². The Labute approximate surface area is 362 Å². The van der Waals surface area contributed by atoms with E-state index in [-0.39, 0.29) is 0 Å². The van der Waals surface area contributed by atoms with Crippen LogP contribution in [0.4, 0.5) is 0 Å². The van der Waals surface area contributed by atoms with Gasteiger partial charge in [-0.2, -0.15) is 0 Å². The molecule has 9 aromatic carbocycles. The maximum atomic E-state index is 5.45. The number of para-hydroxylation sites is 5. The Balaban J connectivity index is 1.22. The Bertz CT molecular complexity index is 3830. The molecule has 0 bridgehead atoms. The van der Waals surface area contributed by atoms with Gasteiger partial charge in [0.25, 0.3) is 0 Å². The van der Waals surface area contributed by atoms with Gasteiger partial charge < -0.3 is 13.7 Å². The van der Waals surface area contributed by atoms with E-state index >= 15 is 0 Å². The third kappa shape index (κ3) is 5.35. The largest absolute Gasteiger partial charge is 0.309 e. The van der Waals surface area contributed by atoms with E-state index in [1.807, 2.05) is 36.4 Å². The second-order valence-corrected chi connectivity index (χ2v) is 16.0. The maximum Gasteiger partial charge on any atom is 0.166 e. The van der Waals surface area contributed by atoms with Crippen molar-refractivity contribution in [1.29, 1.82) is 0 Å². The number of fused-ring (bicyclic) bond motifs is 10. The molecule has 13 aromatic rings. The molecule has 6 heteroatoms. The van der Waals surface area contributed by atoms with Gasteiger partial charge in [-0.05, 0) is 60.7 Å². The molecule has 6 nitrogen and oxygen atoms in total. The fourth-order valence-corrected chi connectivity index (χ4v) is 9.85. The van der Waals surface area contributed by atoms with Crippen molar-refractivity contribution in [3.05, 3.63) is 218 Å². The molecule has 0 aliphatic rings. The van der Waals surface area contributed by atoms with Crippen LogP contribution in [0.2, 0.25) is 0 Å². The molecule has 0 radical (unpaired) electrons. The third-order valence-corrected chi connectivity index (χ3v) is 12.5. The van der Waals surface area contributed by atoms with E-state index in [1.54, 1.807) is 0 Å². The van der Waals surface area contributed by atoms with Gasteiger partial charge in [0.05, 0.1) is 44.4 Å². The van der Waals surface area contributed by atoms with E-state index in [0.717, 1.165) is 66.6 Å². The number of nitrogens with zero attached hydrogens (tertiary/aromatic N) is 6. The van der Waals surface area contributed by atoms with Crippen LogP contribution in [0.5, 0.6) is 0 Å². The Morgan fingerprint density at radius 2 is 0.698 bits per heavy atom. The zero-order valence-electron chi connectivity index (χ0n) is 34.0. The maximum absolute atomic E-state index is 5.45. The molecule has 0 aliphatic heterocycles. The lowest BCUT2D eigenvalue weighted by atomic mass is 10.0. The zero-order chi connectivity index (χ0) is 41.4. The standard InChI is InChI=1S/C57H36N6/c1-5-19-37(20-6-1)55-58-56(38-21-7-2-8-22-38)60-57(59-55)53-50(36-35-48-51(53)43-28-14-17-31-46(43)61(48)39-23-9-3-10-24-39)63-47-32-18-15-29-44(47)52-49(63)34-33-42-41-27-13-16-30-45(41)62(54(42)52)40-25-11-4-12-26-40/h1-36H. The lowest BCUT2D eigenvalue weighted by Crippen LogP contribution is -2.04. The fourth-order valence-electron chi connectivity index (χ4n) is 9.85. The average molecular weight is 805 g/mol. The summed E-state index contributed by atoms with van der Waals surface area (Å²) in [7, 11) is 0. The number of hydrogen-bond acceptors (Lipinski definition) is 3. The van der Waals surface area contributed by atoms with Crippen LogP contribution in [-0.4, -0.2) is 28.7 Å². The van der Waals surface area contributed by atoms with Gasteiger partial charge in [0, 0.05) is 54.8 Å². The number of rotatable bonds is 6. The van der Waals surface area contributed by atoms with E-state index in [0.29, 0.717) is 17.5 Å². The average Bonchev–Trinajstić information content (AvgIpc) is 4.00. The van der Waals surface area contributed by atoms with Crippen molar-refractivity contribution in [2.75, 3.05) is 0 Å². The fraction of sp³-hybridized carbons (Fsp3) is 0. The molecule has 0 N–H and O–H groups in total. The predicted molar refractivity (Wildman–Crippen MR) is 259 cm³/mol. The normalized spacial score (nSPS) is 11.8. The molecule has 294 valence electrons. The quantitative estimate of drug-likeness (QED) is 0.168. The first-order valence-electron chi connectivity index (χ1n) is 21.3. The Morgan fingerprint density at radius 3 is 1.30 bits per heavy atom. The molecule has 0 saturated heterocycles. The van der Waals surface area contributed by atoms with Gasteiger partial charge in [-0.15, -0.1) is 0 Å². The number of aromatic nitrogens is 6. The van der Waals surface area contributed by atoms with Crippen molar-refractivity contribution in [2.24, 2.45) is 0 Å². The van der Waals surface area contributed by atoms with Crippen molar-refractivity contribution >= 4 is 65.4 Å². The highest BCUT2D eigenvalue weighted by Gasteiger charge is 2.27. The highest BCUT2D eigenvalue weighted by molar-refractivity contribution is 6.27. The summed E-state index contributed by atoms with van der Waals surface area (Å²) in [4.78, 5) is 16.0. The topological polar surface area (TPSA) is 53.5 Å². The first-order valence-corrected chi connectivity index (χ1v) is 21.3. The zero-order valence-corrected chi connectivity index (χ0v) is 34.0. The second-order valence-electron chi connectivity index (χ2n) is 16.0. The lowest BCUT2D eigenvalue weighted by Gasteiger charge is -2.17. The predicted octanol–water partition coefficient (Wildman–Crippen LogP) is 14.2. The molecule has 63 heavy (non-hydrogen) atoms. The minimum atomic E-state index is 0.602. The monoisotopic (exact) mass is 804 g/mol. The summed E-state index contributed by atoms with van der Waals surface area (Å²) >= 11 is 0. The van der Waals surface area contributed by atoms with E-state index in [1.165, 1.54) is 32.6 Å². The highest BCUT2D eigenvalue weighted by Crippen LogP contribution is 2.46. The molecule has 0 saturated carbocycles. The molecule has 0 aliphatic carbocycles. The van der Waals surface area contributed by atoms with Crippen LogP contribution >= 0.6 is 0 Å². The smallest absolute Gasteiger partial charge is 0.166 e. The summed E-state index contributed by atoms with van der Waals surface area (Å²) in [5.41, 5.74) is 12.7. The highest BCUT2D eigenvalue weighted by atomic mass is 15.1. The third-order valence-electron chi connectivity index (χ3n) is 12.5. The Kier molecular flexibility index (Phi) is 7.80. The van der Waals surface area contributed by atoms with Crippen LogP contribution in [0.1, 0.15) is 0 Å². The van der Waals surface area contributed by atoms with Gasteiger partial charge in [-0.1, -0.05) is 158 Å². The molecule has 4 aromatic heterocycles. The molecule has 4 heterocycles. The van der Waals surface area contributed by atoms with Crippen molar-refractivity contribution in [2.45, 2.75) is 0 Å². The van der Waals surface area contributed by atoms with Crippen molar-refractivity contribution < 1.29 is 0 Å². The van der Waals surface area contributed by atoms with Crippen molar-refractivity contribution in [3.8, 4) is 51.2 Å². The van der Waals surface area contributed by atoms with E-state index in [9.17, 15) is 0 Å². The van der Waals surface area contributed by atoms with Gasteiger partial charge in [0.1, 0.15) is 0 Å². The van der Waals surface area contributed by atoms with E-state index in [4.69, 9.17) is 15.0 Å². The Morgan fingerprint density at radius 1 is 0.270 bits per heavy atom. The van der Waals surface area contributed by atoms with Gasteiger partial charge in [-0.3, -0.25) is 0 Å².